The fourth-order valence-electron chi connectivity index (χ4n) is 1.47. The minimum atomic E-state index is -4.38. The number of rotatable bonds is 4. The zero-order chi connectivity index (χ0) is 15.6. The second-order valence-corrected chi connectivity index (χ2v) is 5.50. The van der Waals surface area contributed by atoms with Gasteiger partial charge in [0.25, 0.3) is 10.1 Å². The van der Waals surface area contributed by atoms with Crippen LogP contribution in [0.25, 0.3) is 0 Å². The Morgan fingerprint density at radius 2 is 2.05 bits per heavy atom. The molecule has 0 fully saturated rings. The number of methoxy groups -OCH3 is 1. The van der Waals surface area contributed by atoms with Gasteiger partial charge >= 0.3 is 6.01 Å². The summed E-state index contributed by atoms with van der Waals surface area (Å²) in [7, 11) is -3.01. The fraction of sp³-hybridized carbons (Fsp3) is 0.100. The Bertz CT molecular complexity index is 783. The minimum absolute atomic E-state index is 0.0139. The van der Waals surface area contributed by atoms with Crippen LogP contribution in [0, 0.1) is 0 Å². The van der Waals surface area contributed by atoms with Crippen LogP contribution in [0.5, 0.6) is 6.01 Å². The summed E-state index contributed by atoms with van der Waals surface area (Å²) in [6.45, 7) is 0. The van der Waals surface area contributed by atoms with Gasteiger partial charge in [0.1, 0.15) is 4.90 Å². The van der Waals surface area contributed by atoms with Gasteiger partial charge in [-0.3, -0.25) is 4.55 Å². The number of benzene rings is 1. The Hall–Kier alpha value is -2.17. The van der Waals surface area contributed by atoms with E-state index in [-0.39, 0.29) is 27.8 Å². The van der Waals surface area contributed by atoms with E-state index in [1.807, 2.05) is 0 Å². The van der Waals surface area contributed by atoms with E-state index in [9.17, 15) is 8.42 Å². The van der Waals surface area contributed by atoms with Crippen LogP contribution in [-0.4, -0.2) is 35.0 Å². The molecule has 4 N–H and O–H groups in total. The quantitative estimate of drug-likeness (QED) is 0.554. The molecule has 2 aromatic rings. The molecule has 1 aromatic carbocycles. The van der Waals surface area contributed by atoms with Crippen molar-refractivity contribution in [1.29, 1.82) is 0 Å². The molecule has 0 spiro atoms. The number of aromatic nitrogens is 3. The minimum Gasteiger partial charge on any atom is -0.467 e. The number of nitrogens with two attached hydrogens (primary N) is 1. The van der Waals surface area contributed by atoms with Gasteiger partial charge in [-0.25, -0.2) is 0 Å². The molecular formula is C10H10ClN5O4S. The first-order valence-corrected chi connectivity index (χ1v) is 7.21. The van der Waals surface area contributed by atoms with Gasteiger partial charge in [0.2, 0.25) is 11.2 Å². The third-order valence-corrected chi connectivity index (χ3v) is 3.41. The highest BCUT2D eigenvalue weighted by Crippen LogP contribution is 2.24. The van der Waals surface area contributed by atoms with Gasteiger partial charge in [-0.05, 0) is 29.8 Å². The van der Waals surface area contributed by atoms with Crippen LogP contribution in [0.2, 0.25) is 5.28 Å². The van der Waals surface area contributed by atoms with Crippen LogP contribution in [0.15, 0.2) is 23.1 Å². The Balaban J connectivity index is 2.33. The monoisotopic (exact) mass is 331 g/mol. The number of nitrogens with zero attached hydrogens (tertiary/aromatic N) is 3. The van der Waals surface area contributed by atoms with Crippen molar-refractivity contribution in [2.24, 2.45) is 0 Å². The second kappa shape index (κ2) is 5.68. The van der Waals surface area contributed by atoms with Gasteiger partial charge < -0.3 is 15.8 Å². The molecule has 0 saturated carbocycles. The Labute approximate surface area is 124 Å². The molecule has 11 heteroatoms. The zero-order valence-corrected chi connectivity index (χ0v) is 12.2. The highest BCUT2D eigenvalue weighted by molar-refractivity contribution is 7.86. The molecule has 0 aliphatic heterocycles. The lowest BCUT2D eigenvalue weighted by molar-refractivity contribution is 0.379. The molecule has 0 aliphatic rings. The van der Waals surface area contributed by atoms with Crippen LogP contribution in [0.1, 0.15) is 0 Å². The molecular weight excluding hydrogens is 322 g/mol. The summed E-state index contributed by atoms with van der Waals surface area (Å²) < 4.78 is 35.9. The highest BCUT2D eigenvalue weighted by atomic mass is 35.5. The molecule has 21 heavy (non-hydrogen) atoms. The van der Waals surface area contributed by atoms with Gasteiger partial charge in [0.15, 0.2) is 0 Å². The van der Waals surface area contributed by atoms with E-state index in [0.29, 0.717) is 5.69 Å². The SMILES string of the molecule is COc1nc(Cl)nc(Nc2ccc(S(=O)(=O)O)c(N)c2)n1. The van der Waals surface area contributed by atoms with E-state index in [2.05, 4.69) is 20.3 Å². The zero-order valence-electron chi connectivity index (χ0n) is 10.6. The summed E-state index contributed by atoms with van der Waals surface area (Å²) in [6.07, 6.45) is 0. The standard InChI is InChI=1S/C10H10ClN5O4S/c1-20-10-15-8(11)14-9(16-10)13-5-2-3-7(6(12)4-5)21(17,18)19/h2-4H,12H2,1H3,(H,17,18,19)(H,13,14,15,16). The number of nitrogen functional groups attached to an aromatic ring is 1. The lowest BCUT2D eigenvalue weighted by Crippen LogP contribution is -2.05. The topological polar surface area (TPSA) is 140 Å². The Morgan fingerprint density at radius 1 is 1.33 bits per heavy atom. The second-order valence-electron chi connectivity index (χ2n) is 3.77. The molecule has 9 nitrogen and oxygen atoms in total. The van der Waals surface area contributed by atoms with E-state index >= 15 is 0 Å². The third-order valence-electron chi connectivity index (χ3n) is 2.31. The molecule has 0 radical (unpaired) electrons. The molecule has 112 valence electrons. The number of hydrogen-bond donors (Lipinski definition) is 3. The molecule has 0 atom stereocenters. The normalized spacial score (nSPS) is 11.2. The first-order chi connectivity index (χ1) is 9.79. The van der Waals surface area contributed by atoms with E-state index in [1.165, 1.54) is 19.2 Å². The van der Waals surface area contributed by atoms with Crippen molar-refractivity contribution in [2.75, 3.05) is 18.2 Å². The predicted octanol–water partition coefficient (Wildman–Crippen LogP) is 1.11. The molecule has 0 unspecified atom stereocenters. The van der Waals surface area contributed by atoms with Gasteiger partial charge in [0, 0.05) is 5.69 Å². The van der Waals surface area contributed by atoms with E-state index < -0.39 is 10.1 Å². The molecule has 0 saturated heterocycles. The average molecular weight is 332 g/mol. The summed E-state index contributed by atoms with van der Waals surface area (Å²) in [5.41, 5.74) is 5.83. The average Bonchev–Trinajstić information content (AvgIpc) is 2.36. The van der Waals surface area contributed by atoms with Crippen molar-refractivity contribution in [3.8, 4) is 6.01 Å². The van der Waals surface area contributed by atoms with Crippen molar-refractivity contribution < 1.29 is 17.7 Å². The largest absolute Gasteiger partial charge is 0.467 e. The third kappa shape index (κ3) is 3.68. The van der Waals surface area contributed by atoms with E-state index in [4.69, 9.17) is 26.6 Å². The number of halogens is 1. The van der Waals surface area contributed by atoms with Gasteiger partial charge in [-0.15, -0.1) is 0 Å². The summed E-state index contributed by atoms with van der Waals surface area (Å²) in [5, 5.41) is 2.68. The van der Waals surface area contributed by atoms with Crippen LogP contribution >= 0.6 is 11.6 Å². The van der Waals surface area contributed by atoms with Crippen molar-refractivity contribution in [1.82, 2.24) is 15.0 Å². The molecule has 0 amide bonds. The Kier molecular flexibility index (Phi) is 4.11. The molecule has 0 bridgehead atoms. The van der Waals surface area contributed by atoms with Crippen molar-refractivity contribution in [2.45, 2.75) is 4.90 Å². The fourth-order valence-corrected chi connectivity index (χ4v) is 2.22. The summed E-state index contributed by atoms with van der Waals surface area (Å²) in [4.78, 5) is 11.0. The summed E-state index contributed by atoms with van der Waals surface area (Å²) in [6, 6.07) is 3.84. The van der Waals surface area contributed by atoms with Crippen LogP contribution in [-0.2, 0) is 10.1 Å². The lowest BCUT2D eigenvalue weighted by Gasteiger charge is -2.08. The molecule has 2 rings (SSSR count). The maximum atomic E-state index is 11.0. The summed E-state index contributed by atoms with van der Waals surface area (Å²) in [5.74, 6) is 0.0888. The maximum Gasteiger partial charge on any atom is 0.322 e. The lowest BCUT2D eigenvalue weighted by atomic mass is 10.3. The van der Waals surface area contributed by atoms with Crippen molar-refractivity contribution >= 4 is 39.0 Å². The van der Waals surface area contributed by atoms with Crippen molar-refractivity contribution in [3.05, 3.63) is 23.5 Å². The molecule has 1 heterocycles. The smallest absolute Gasteiger partial charge is 0.322 e. The highest BCUT2D eigenvalue weighted by Gasteiger charge is 2.14. The molecule has 1 aromatic heterocycles. The number of ether oxygens (including phenoxy) is 1. The van der Waals surface area contributed by atoms with E-state index in [1.54, 1.807) is 0 Å². The maximum absolute atomic E-state index is 11.0. The predicted molar refractivity (Wildman–Crippen MR) is 75.3 cm³/mol. The molecule has 0 aliphatic carbocycles. The number of nitrogens with one attached hydrogen (secondary N) is 1. The van der Waals surface area contributed by atoms with E-state index in [0.717, 1.165) is 6.07 Å². The first kappa shape index (κ1) is 15.2. The number of hydrogen-bond acceptors (Lipinski definition) is 8. The van der Waals surface area contributed by atoms with Gasteiger partial charge in [-0.1, -0.05) is 0 Å². The number of anilines is 3. The van der Waals surface area contributed by atoms with Crippen LogP contribution in [0.3, 0.4) is 0 Å². The van der Waals surface area contributed by atoms with Crippen LogP contribution < -0.4 is 15.8 Å². The van der Waals surface area contributed by atoms with Gasteiger partial charge in [-0.2, -0.15) is 23.4 Å². The van der Waals surface area contributed by atoms with Crippen molar-refractivity contribution in [3.63, 3.8) is 0 Å². The summed E-state index contributed by atoms with van der Waals surface area (Å²) >= 11 is 5.69. The Morgan fingerprint density at radius 3 is 2.62 bits per heavy atom. The van der Waals surface area contributed by atoms with Crippen LogP contribution in [0.4, 0.5) is 17.3 Å². The first-order valence-electron chi connectivity index (χ1n) is 5.39. The van der Waals surface area contributed by atoms with Gasteiger partial charge in [0.05, 0.1) is 12.8 Å².